The highest BCUT2D eigenvalue weighted by Gasteiger charge is 2.34. The Bertz CT molecular complexity index is 767. The number of para-hydroxylation sites is 1. The molecule has 0 bridgehead atoms. The van der Waals surface area contributed by atoms with Gasteiger partial charge in [0.2, 0.25) is 0 Å². The van der Waals surface area contributed by atoms with E-state index in [1.165, 1.54) is 0 Å². The smallest absolute Gasteiger partial charge is 0.255 e. The van der Waals surface area contributed by atoms with Gasteiger partial charge in [-0.25, -0.2) is 0 Å². The lowest BCUT2D eigenvalue weighted by molar-refractivity contribution is 0.0618. The highest BCUT2D eigenvalue weighted by atomic mass is 16.5. The van der Waals surface area contributed by atoms with Crippen molar-refractivity contribution < 1.29 is 14.3 Å². The minimum Gasteiger partial charge on any atom is -0.496 e. The number of nitrogens with one attached hydrogen (secondary N) is 1. The van der Waals surface area contributed by atoms with Crippen LogP contribution in [0.25, 0.3) is 0 Å². The molecule has 1 aliphatic heterocycles. The van der Waals surface area contributed by atoms with Crippen molar-refractivity contribution in [1.82, 2.24) is 5.32 Å². The maximum atomic E-state index is 12.8. The Morgan fingerprint density at radius 3 is 2.75 bits per heavy atom. The highest BCUT2D eigenvalue weighted by Crippen LogP contribution is 2.40. The summed E-state index contributed by atoms with van der Waals surface area (Å²) >= 11 is 0. The first-order chi connectivity index (χ1) is 11.4. The molecular formula is C20H23NO3. The van der Waals surface area contributed by atoms with E-state index in [0.29, 0.717) is 17.7 Å². The monoisotopic (exact) mass is 325 g/mol. The van der Waals surface area contributed by atoms with Crippen molar-refractivity contribution in [2.75, 3.05) is 7.11 Å². The Morgan fingerprint density at radius 2 is 2.00 bits per heavy atom. The van der Waals surface area contributed by atoms with Gasteiger partial charge in [0.25, 0.3) is 5.91 Å². The SMILES string of the molecule is COc1ccccc1C(=O)NC1CC(C)(C)Oc2ccc(C)cc21. The molecule has 3 rings (SSSR count). The predicted octanol–water partition coefficient (Wildman–Crippen LogP) is 4.04. The molecule has 1 heterocycles. The van der Waals surface area contributed by atoms with E-state index in [1.54, 1.807) is 19.2 Å². The van der Waals surface area contributed by atoms with Gasteiger partial charge in [0.05, 0.1) is 18.7 Å². The van der Waals surface area contributed by atoms with Gasteiger partial charge in [-0.3, -0.25) is 4.79 Å². The first-order valence-electron chi connectivity index (χ1n) is 8.13. The normalized spacial score (nSPS) is 18.2. The molecule has 0 saturated heterocycles. The van der Waals surface area contributed by atoms with Crippen molar-refractivity contribution in [3.8, 4) is 11.5 Å². The van der Waals surface area contributed by atoms with Crippen molar-refractivity contribution in [3.63, 3.8) is 0 Å². The Morgan fingerprint density at radius 1 is 1.25 bits per heavy atom. The fraction of sp³-hybridized carbons (Fsp3) is 0.350. The van der Waals surface area contributed by atoms with Gasteiger partial charge in [0.15, 0.2) is 0 Å². The Labute approximate surface area is 142 Å². The lowest BCUT2D eigenvalue weighted by Crippen LogP contribution is -2.41. The lowest BCUT2D eigenvalue weighted by atomic mass is 9.88. The largest absolute Gasteiger partial charge is 0.496 e. The number of aryl methyl sites for hydroxylation is 1. The number of fused-ring (bicyclic) bond motifs is 1. The molecule has 0 radical (unpaired) electrons. The minimum absolute atomic E-state index is 0.0962. The average molecular weight is 325 g/mol. The van der Waals surface area contributed by atoms with Crippen LogP contribution in [0.3, 0.4) is 0 Å². The van der Waals surface area contributed by atoms with Crippen LogP contribution in [0.2, 0.25) is 0 Å². The number of amides is 1. The number of rotatable bonds is 3. The van der Waals surface area contributed by atoms with Crippen LogP contribution >= 0.6 is 0 Å². The Kier molecular flexibility index (Phi) is 4.22. The number of carbonyl (C=O) groups excluding carboxylic acids is 1. The van der Waals surface area contributed by atoms with Gasteiger partial charge < -0.3 is 14.8 Å². The van der Waals surface area contributed by atoms with Gasteiger partial charge in [-0.05, 0) is 39.0 Å². The van der Waals surface area contributed by atoms with E-state index in [0.717, 1.165) is 16.9 Å². The van der Waals surface area contributed by atoms with E-state index in [-0.39, 0.29) is 17.6 Å². The summed E-state index contributed by atoms with van der Waals surface area (Å²) < 4.78 is 11.4. The van der Waals surface area contributed by atoms with Gasteiger partial charge in [0, 0.05) is 12.0 Å². The first-order valence-corrected chi connectivity index (χ1v) is 8.13. The highest BCUT2D eigenvalue weighted by molar-refractivity contribution is 5.97. The fourth-order valence-corrected chi connectivity index (χ4v) is 3.17. The molecule has 1 unspecified atom stereocenters. The van der Waals surface area contributed by atoms with Crippen LogP contribution in [0, 0.1) is 6.92 Å². The topological polar surface area (TPSA) is 47.6 Å². The molecule has 2 aromatic rings. The summed E-state index contributed by atoms with van der Waals surface area (Å²) in [7, 11) is 1.57. The second kappa shape index (κ2) is 6.19. The van der Waals surface area contributed by atoms with Gasteiger partial charge in [0.1, 0.15) is 17.1 Å². The van der Waals surface area contributed by atoms with Crippen LogP contribution in [0.5, 0.6) is 11.5 Å². The van der Waals surface area contributed by atoms with Crippen LogP contribution in [0.15, 0.2) is 42.5 Å². The zero-order chi connectivity index (χ0) is 17.3. The van der Waals surface area contributed by atoms with Crippen molar-refractivity contribution in [1.29, 1.82) is 0 Å². The fourth-order valence-electron chi connectivity index (χ4n) is 3.17. The molecule has 24 heavy (non-hydrogen) atoms. The predicted molar refractivity (Wildman–Crippen MR) is 93.7 cm³/mol. The second-order valence-corrected chi connectivity index (χ2v) is 6.83. The van der Waals surface area contributed by atoms with Crippen LogP contribution in [0.4, 0.5) is 0 Å². The summed E-state index contributed by atoms with van der Waals surface area (Å²) in [5, 5.41) is 3.15. The molecular weight excluding hydrogens is 302 g/mol. The quantitative estimate of drug-likeness (QED) is 0.926. The number of benzene rings is 2. The molecule has 0 fully saturated rings. The molecule has 1 N–H and O–H groups in total. The molecule has 1 aliphatic rings. The van der Waals surface area contributed by atoms with E-state index < -0.39 is 0 Å². The molecule has 4 heteroatoms. The first kappa shape index (κ1) is 16.4. The lowest BCUT2D eigenvalue weighted by Gasteiger charge is -2.38. The van der Waals surface area contributed by atoms with Crippen molar-refractivity contribution in [2.24, 2.45) is 0 Å². The zero-order valence-electron chi connectivity index (χ0n) is 14.6. The zero-order valence-corrected chi connectivity index (χ0v) is 14.6. The van der Waals surface area contributed by atoms with E-state index in [2.05, 4.69) is 11.4 Å². The average Bonchev–Trinajstić information content (AvgIpc) is 2.54. The molecule has 0 spiro atoms. The molecule has 0 aromatic heterocycles. The van der Waals surface area contributed by atoms with E-state index >= 15 is 0 Å². The van der Waals surface area contributed by atoms with Crippen molar-refractivity contribution >= 4 is 5.91 Å². The number of ether oxygens (including phenoxy) is 2. The summed E-state index contributed by atoms with van der Waals surface area (Å²) in [6.45, 7) is 6.12. The van der Waals surface area contributed by atoms with Crippen molar-refractivity contribution in [3.05, 3.63) is 59.2 Å². The second-order valence-electron chi connectivity index (χ2n) is 6.83. The Hall–Kier alpha value is -2.49. The molecule has 4 nitrogen and oxygen atoms in total. The van der Waals surface area contributed by atoms with Crippen LogP contribution in [0.1, 0.15) is 47.8 Å². The van der Waals surface area contributed by atoms with E-state index in [9.17, 15) is 4.79 Å². The van der Waals surface area contributed by atoms with Gasteiger partial charge >= 0.3 is 0 Å². The van der Waals surface area contributed by atoms with Crippen LogP contribution < -0.4 is 14.8 Å². The van der Waals surface area contributed by atoms with Crippen molar-refractivity contribution in [2.45, 2.75) is 38.8 Å². The summed E-state index contributed by atoms with van der Waals surface area (Å²) in [5.41, 5.74) is 2.38. The summed E-state index contributed by atoms with van der Waals surface area (Å²) in [6, 6.07) is 13.2. The Balaban J connectivity index is 1.92. The van der Waals surface area contributed by atoms with Gasteiger partial charge in [-0.1, -0.05) is 29.8 Å². The maximum Gasteiger partial charge on any atom is 0.255 e. The standard InChI is InChI=1S/C20H23NO3/c1-13-9-10-18-15(11-13)16(12-20(2,3)24-18)21-19(22)14-7-5-6-8-17(14)23-4/h5-11,16H,12H2,1-4H3,(H,21,22). The number of methoxy groups -OCH3 is 1. The maximum absolute atomic E-state index is 12.8. The third-order valence-corrected chi connectivity index (χ3v) is 4.28. The number of hydrogen-bond donors (Lipinski definition) is 1. The molecule has 0 saturated carbocycles. The third-order valence-electron chi connectivity index (χ3n) is 4.28. The molecule has 0 aliphatic carbocycles. The molecule has 1 amide bonds. The number of hydrogen-bond acceptors (Lipinski definition) is 3. The third kappa shape index (κ3) is 3.23. The minimum atomic E-state index is -0.332. The summed E-state index contributed by atoms with van der Waals surface area (Å²) in [6.07, 6.45) is 0.713. The van der Waals surface area contributed by atoms with E-state index in [1.807, 2.05) is 45.0 Å². The molecule has 2 aromatic carbocycles. The van der Waals surface area contributed by atoms with Crippen LogP contribution in [-0.2, 0) is 0 Å². The summed E-state index contributed by atoms with van der Waals surface area (Å²) in [5.74, 6) is 1.27. The summed E-state index contributed by atoms with van der Waals surface area (Å²) in [4.78, 5) is 12.8. The van der Waals surface area contributed by atoms with E-state index in [4.69, 9.17) is 9.47 Å². The molecule has 126 valence electrons. The van der Waals surface area contributed by atoms with Crippen LogP contribution in [-0.4, -0.2) is 18.6 Å². The number of carbonyl (C=O) groups is 1. The molecule has 1 atom stereocenters. The van der Waals surface area contributed by atoms with Gasteiger partial charge in [-0.2, -0.15) is 0 Å². The van der Waals surface area contributed by atoms with Gasteiger partial charge in [-0.15, -0.1) is 0 Å².